The second kappa shape index (κ2) is 9.08. The van der Waals surface area contributed by atoms with Crippen molar-refractivity contribution in [1.82, 2.24) is 9.80 Å². The van der Waals surface area contributed by atoms with Gasteiger partial charge in [0, 0.05) is 7.05 Å². The molecule has 0 radical (unpaired) electrons. The van der Waals surface area contributed by atoms with Gasteiger partial charge in [-0.15, -0.1) is 0 Å². The molecule has 2 aromatic rings. The van der Waals surface area contributed by atoms with Crippen LogP contribution in [-0.2, 0) is 4.79 Å². The van der Waals surface area contributed by atoms with E-state index in [1.807, 2.05) is 74.8 Å². The summed E-state index contributed by atoms with van der Waals surface area (Å²) in [5.41, 5.74) is 1.02. The molecule has 1 unspecified atom stereocenters. The fourth-order valence-corrected chi connectivity index (χ4v) is 2.54. The maximum Gasteiger partial charge on any atom is 0.244 e. The fraction of sp³-hybridized carbons (Fsp3) is 0.350. The van der Waals surface area contributed by atoms with Gasteiger partial charge in [0.05, 0.1) is 6.54 Å². The van der Waals surface area contributed by atoms with Gasteiger partial charge < -0.3 is 9.64 Å². The first-order valence-electron chi connectivity index (χ1n) is 8.31. The molecule has 0 aliphatic heterocycles. The zero-order valence-electron chi connectivity index (χ0n) is 14.7. The summed E-state index contributed by atoms with van der Waals surface area (Å²) in [5.74, 6) is 0.908. The molecule has 4 heteroatoms. The van der Waals surface area contributed by atoms with E-state index in [2.05, 4.69) is 11.8 Å². The molecule has 0 fully saturated rings. The molecule has 2 rings (SSSR count). The molecule has 0 aromatic heterocycles. The molecule has 0 bridgehead atoms. The van der Waals surface area contributed by atoms with E-state index in [0.29, 0.717) is 13.2 Å². The van der Waals surface area contributed by atoms with Gasteiger partial charge in [0.15, 0.2) is 0 Å². The standard InChI is InChI=1S/C20H26N2O2/c1-4-21(2)19(17-11-7-5-8-12-17)20(23)22(3)15-16-24-18-13-9-6-10-14-18/h5-14,19H,4,15-16H2,1-3H3. The van der Waals surface area contributed by atoms with Crippen molar-refractivity contribution >= 4 is 5.91 Å². The lowest BCUT2D eigenvalue weighted by molar-refractivity contribution is -0.135. The number of benzene rings is 2. The van der Waals surface area contributed by atoms with E-state index in [9.17, 15) is 4.79 Å². The first kappa shape index (κ1) is 18.0. The molecule has 0 aliphatic rings. The molecule has 2 aromatic carbocycles. The minimum atomic E-state index is -0.266. The van der Waals surface area contributed by atoms with Gasteiger partial charge in [-0.05, 0) is 31.3 Å². The second-order valence-corrected chi connectivity index (χ2v) is 5.81. The van der Waals surface area contributed by atoms with E-state index in [-0.39, 0.29) is 11.9 Å². The average Bonchev–Trinajstić information content (AvgIpc) is 2.63. The SMILES string of the molecule is CCN(C)C(C(=O)N(C)CCOc1ccccc1)c1ccccc1. The number of rotatable bonds is 8. The maximum atomic E-state index is 12.9. The maximum absolute atomic E-state index is 12.9. The Morgan fingerprint density at radius 1 is 1.00 bits per heavy atom. The Bertz CT molecular complexity index is 616. The van der Waals surface area contributed by atoms with Gasteiger partial charge in [-0.1, -0.05) is 55.5 Å². The van der Waals surface area contributed by atoms with Crippen molar-refractivity contribution in [2.75, 3.05) is 33.8 Å². The van der Waals surface area contributed by atoms with E-state index < -0.39 is 0 Å². The number of likely N-dealkylation sites (N-methyl/N-ethyl adjacent to an activating group) is 2. The minimum absolute atomic E-state index is 0.0854. The van der Waals surface area contributed by atoms with Gasteiger partial charge in [-0.2, -0.15) is 0 Å². The van der Waals surface area contributed by atoms with Crippen molar-refractivity contribution in [3.63, 3.8) is 0 Å². The number of hydrogen-bond acceptors (Lipinski definition) is 3. The lowest BCUT2D eigenvalue weighted by Gasteiger charge is -2.30. The molecule has 1 atom stereocenters. The van der Waals surface area contributed by atoms with Gasteiger partial charge in [-0.25, -0.2) is 0 Å². The van der Waals surface area contributed by atoms with Crippen LogP contribution in [0.4, 0.5) is 0 Å². The predicted octanol–water partition coefficient (Wildman–Crippen LogP) is 3.22. The highest BCUT2D eigenvalue weighted by atomic mass is 16.5. The molecule has 4 nitrogen and oxygen atoms in total. The molecule has 1 amide bonds. The summed E-state index contributed by atoms with van der Waals surface area (Å²) in [5, 5.41) is 0. The molecule has 0 aliphatic carbocycles. The zero-order valence-corrected chi connectivity index (χ0v) is 14.7. The van der Waals surface area contributed by atoms with E-state index in [4.69, 9.17) is 4.74 Å². The number of carbonyl (C=O) groups excluding carboxylic acids is 1. The number of para-hydroxylation sites is 1. The summed E-state index contributed by atoms with van der Waals surface area (Å²) in [4.78, 5) is 16.7. The van der Waals surface area contributed by atoms with Crippen LogP contribution < -0.4 is 4.74 Å². The second-order valence-electron chi connectivity index (χ2n) is 5.81. The van der Waals surface area contributed by atoms with Crippen LogP contribution in [0.5, 0.6) is 5.75 Å². The van der Waals surface area contributed by atoms with Crippen LogP contribution in [0.2, 0.25) is 0 Å². The van der Waals surface area contributed by atoms with Crippen LogP contribution >= 0.6 is 0 Å². The summed E-state index contributed by atoms with van der Waals surface area (Å²) in [6.45, 7) is 3.89. The van der Waals surface area contributed by atoms with E-state index in [1.165, 1.54) is 0 Å². The third-order valence-electron chi connectivity index (χ3n) is 4.10. The van der Waals surface area contributed by atoms with Crippen LogP contribution in [0.25, 0.3) is 0 Å². The molecular formula is C20H26N2O2. The topological polar surface area (TPSA) is 32.8 Å². The largest absolute Gasteiger partial charge is 0.492 e. The summed E-state index contributed by atoms with van der Waals surface area (Å²) < 4.78 is 5.69. The van der Waals surface area contributed by atoms with E-state index >= 15 is 0 Å². The van der Waals surface area contributed by atoms with Crippen molar-refractivity contribution in [3.05, 3.63) is 66.2 Å². The summed E-state index contributed by atoms with van der Waals surface area (Å²) in [7, 11) is 3.81. The first-order chi connectivity index (χ1) is 11.6. The Labute approximate surface area is 144 Å². The van der Waals surface area contributed by atoms with Gasteiger partial charge in [0.25, 0.3) is 0 Å². The van der Waals surface area contributed by atoms with Crippen molar-refractivity contribution in [1.29, 1.82) is 0 Å². The fourth-order valence-electron chi connectivity index (χ4n) is 2.54. The molecule has 0 heterocycles. The minimum Gasteiger partial charge on any atom is -0.492 e. The summed E-state index contributed by atoms with van der Waals surface area (Å²) in [6.07, 6.45) is 0. The molecule has 0 saturated heterocycles. The number of hydrogen-bond donors (Lipinski definition) is 0. The third-order valence-corrected chi connectivity index (χ3v) is 4.10. The Morgan fingerprint density at radius 2 is 1.58 bits per heavy atom. The third kappa shape index (κ3) is 4.83. The van der Waals surface area contributed by atoms with Gasteiger partial charge in [-0.3, -0.25) is 9.69 Å². The van der Waals surface area contributed by atoms with Crippen LogP contribution in [0.1, 0.15) is 18.5 Å². The molecular weight excluding hydrogens is 300 g/mol. The highest BCUT2D eigenvalue weighted by Gasteiger charge is 2.26. The highest BCUT2D eigenvalue weighted by Crippen LogP contribution is 2.21. The number of amides is 1. The smallest absolute Gasteiger partial charge is 0.244 e. The monoisotopic (exact) mass is 326 g/mol. The first-order valence-corrected chi connectivity index (χ1v) is 8.31. The summed E-state index contributed by atoms with van der Waals surface area (Å²) in [6, 6.07) is 19.3. The van der Waals surface area contributed by atoms with Gasteiger partial charge in [0.2, 0.25) is 5.91 Å². The van der Waals surface area contributed by atoms with Crippen molar-refractivity contribution in [2.24, 2.45) is 0 Å². The van der Waals surface area contributed by atoms with Crippen LogP contribution in [0, 0.1) is 0 Å². The van der Waals surface area contributed by atoms with E-state index in [0.717, 1.165) is 17.9 Å². The lowest BCUT2D eigenvalue weighted by Crippen LogP contribution is -2.41. The van der Waals surface area contributed by atoms with Gasteiger partial charge in [0.1, 0.15) is 18.4 Å². The van der Waals surface area contributed by atoms with Crippen molar-refractivity contribution < 1.29 is 9.53 Å². The Kier molecular flexibility index (Phi) is 6.82. The van der Waals surface area contributed by atoms with Crippen LogP contribution in [0.15, 0.2) is 60.7 Å². The molecule has 128 valence electrons. The molecule has 0 spiro atoms. The Hall–Kier alpha value is -2.33. The molecule has 0 N–H and O–H groups in total. The quantitative estimate of drug-likeness (QED) is 0.747. The average molecular weight is 326 g/mol. The van der Waals surface area contributed by atoms with Gasteiger partial charge >= 0.3 is 0 Å². The predicted molar refractivity (Wildman–Crippen MR) is 97.1 cm³/mol. The Balaban J connectivity index is 1.98. The highest BCUT2D eigenvalue weighted by molar-refractivity contribution is 5.83. The number of ether oxygens (including phenoxy) is 1. The van der Waals surface area contributed by atoms with Crippen molar-refractivity contribution in [3.8, 4) is 5.75 Å². The number of nitrogens with zero attached hydrogens (tertiary/aromatic N) is 2. The molecule has 0 saturated carbocycles. The van der Waals surface area contributed by atoms with Crippen LogP contribution in [-0.4, -0.2) is 49.5 Å². The zero-order chi connectivity index (χ0) is 17.4. The van der Waals surface area contributed by atoms with Crippen LogP contribution in [0.3, 0.4) is 0 Å². The Morgan fingerprint density at radius 3 is 2.17 bits per heavy atom. The molecule has 24 heavy (non-hydrogen) atoms. The van der Waals surface area contributed by atoms with Crippen molar-refractivity contribution in [2.45, 2.75) is 13.0 Å². The lowest BCUT2D eigenvalue weighted by atomic mass is 10.0. The number of carbonyl (C=O) groups is 1. The van der Waals surface area contributed by atoms with E-state index in [1.54, 1.807) is 4.90 Å². The summed E-state index contributed by atoms with van der Waals surface area (Å²) >= 11 is 0. The normalized spacial score (nSPS) is 12.0.